The van der Waals surface area contributed by atoms with Crippen LogP contribution in [0.5, 0.6) is 0 Å². The van der Waals surface area contributed by atoms with Gasteiger partial charge < -0.3 is 10.0 Å². The highest BCUT2D eigenvalue weighted by Crippen LogP contribution is 2.30. The van der Waals surface area contributed by atoms with Gasteiger partial charge in [-0.3, -0.25) is 4.79 Å². The Balaban J connectivity index is 2.39. The summed E-state index contributed by atoms with van der Waals surface area (Å²) in [5, 5.41) is 9.09. The molecule has 5 heteroatoms. The lowest BCUT2D eigenvalue weighted by atomic mass is 10.1. The number of rotatable bonds is 2. The molecule has 0 aliphatic carbocycles. The van der Waals surface area contributed by atoms with Crippen molar-refractivity contribution in [1.82, 2.24) is 0 Å². The van der Waals surface area contributed by atoms with E-state index in [0.29, 0.717) is 13.0 Å². The third-order valence-electron chi connectivity index (χ3n) is 2.59. The fraction of sp³-hybridized carbons (Fsp3) is 0.364. The number of alkyl halides is 1. The van der Waals surface area contributed by atoms with E-state index in [1.807, 2.05) is 12.1 Å². The van der Waals surface area contributed by atoms with Crippen molar-refractivity contribution in [2.75, 3.05) is 11.4 Å². The summed E-state index contributed by atoms with van der Waals surface area (Å²) in [6.07, 6.45) is 0.360. The first-order valence-corrected chi connectivity index (χ1v) is 6.18. The van der Waals surface area contributed by atoms with E-state index in [1.165, 1.54) is 0 Å². The van der Waals surface area contributed by atoms with E-state index in [2.05, 4.69) is 15.9 Å². The fourth-order valence-corrected chi connectivity index (χ4v) is 2.44. The predicted octanol–water partition coefficient (Wildman–Crippen LogP) is 2.29. The van der Waals surface area contributed by atoms with Gasteiger partial charge in [-0.1, -0.05) is 22.0 Å². The third kappa shape index (κ3) is 2.24. The van der Waals surface area contributed by atoms with Crippen molar-refractivity contribution in [3.8, 4) is 0 Å². The molecule has 16 heavy (non-hydrogen) atoms. The molecule has 1 unspecified atom stereocenters. The number of aliphatic hydroxyl groups is 1. The Labute approximate surface area is 107 Å². The molecule has 2 rings (SSSR count). The molecule has 1 fully saturated rings. The molecule has 0 aromatic heterocycles. The summed E-state index contributed by atoms with van der Waals surface area (Å²) in [6.45, 7) is 0.420. The van der Waals surface area contributed by atoms with Gasteiger partial charge >= 0.3 is 0 Å². The van der Waals surface area contributed by atoms with Gasteiger partial charge in [0.15, 0.2) is 0 Å². The predicted molar refractivity (Wildman–Crippen MR) is 66.7 cm³/mol. The second-order valence-corrected chi connectivity index (χ2v) is 5.27. The molecule has 1 aromatic rings. The SMILES string of the molecule is O=C1CC(Cl)CN1c1cc(Br)ccc1CO. The molecular formula is C11H11BrClNO2. The second kappa shape index (κ2) is 4.73. The molecule has 1 heterocycles. The minimum absolute atomic E-state index is 0.00722. The number of nitrogens with zero attached hydrogens (tertiary/aromatic N) is 1. The van der Waals surface area contributed by atoms with Crippen LogP contribution in [0.3, 0.4) is 0 Å². The van der Waals surface area contributed by atoms with Gasteiger partial charge in [-0.05, 0) is 12.1 Å². The van der Waals surface area contributed by atoms with Gasteiger partial charge in [-0.15, -0.1) is 11.6 Å². The molecule has 1 atom stereocenters. The Morgan fingerprint density at radius 3 is 2.88 bits per heavy atom. The van der Waals surface area contributed by atoms with Crippen LogP contribution in [0.25, 0.3) is 0 Å². The number of amides is 1. The molecule has 1 aliphatic rings. The normalized spacial score (nSPS) is 20.6. The van der Waals surface area contributed by atoms with Gasteiger partial charge in [-0.2, -0.15) is 0 Å². The van der Waals surface area contributed by atoms with Crippen LogP contribution in [-0.2, 0) is 11.4 Å². The van der Waals surface area contributed by atoms with Gasteiger partial charge in [0, 0.05) is 23.0 Å². The fourth-order valence-electron chi connectivity index (χ4n) is 1.82. The van der Waals surface area contributed by atoms with E-state index in [9.17, 15) is 9.90 Å². The summed E-state index contributed by atoms with van der Waals surface area (Å²) in [4.78, 5) is 13.3. The molecule has 0 bridgehead atoms. The Morgan fingerprint density at radius 1 is 1.56 bits per heavy atom. The minimum atomic E-state index is -0.141. The van der Waals surface area contributed by atoms with Gasteiger partial charge in [0.1, 0.15) is 0 Å². The summed E-state index contributed by atoms with van der Waals surface area (Å²) in [6, 6.07) is 5.47. The second-order valence-electron chi connectivity index (χ2n) is 3.74. The van der Waals surface area contributed by atoms with E-state index in [1.54, 1.807) is 11.0 Å². The summed E-state index contributed by atoms with van der Waals surface area (Å²) >= 11 is 9.31. The van der Waals surface area contributed by atoms with Crippen LogP contribution in [0.15, 0.2) is 22.7 Å². The monoisotopic (exact) mass is 303 g/mol. The molecule has 0 radical (unpaired) electrons. The highest BCUT2D eigenvalue weighted by atomic mass is 79.9. The smallest absolute Gasteiger partial charge is 0.228 e. The summed E-state index contributed by atoms with van der Waals surface area (Å²) in [5.41, 5.74) is 1.48. The van der Waals surface area contributed by atoms with E-state index in [4.69, 9.17) is 11.6 Å². The largest absolute Gasteiger partial charge is 0.392 e. The average molecular weight is 305 g/mol. The number of hydrogen-bond acceptors (Lipinski definition) is 2. The van der Waals surface area contributed by atoms with Crippen molar-refractivity contribution in [1.29, 1.82) is 0 Å². The van der Waals surface area contributed by atoms with Crippen LogP contribution >= 0.6 is 27.5 Å². The van der Waals surface area contributed by atoms with Gasteiger partial charge in [-0.25, -0.2) is 0 Å². The molecule has 0 spiro atoms. The molecule has 1 aromatic carbocycles. The van der Waals surface area contributed by atoms with Gasteiger partial charge in [0.25, 0.3) is 0 Å². The lowest BCUT2D eigenvalue weighted by Gasteiger charge is -2.19. The van der Waals surface area contributed by atoms with Crippen molar-refractivity contribution in [2.24, 2.45) is 0 Å². The quantitative estimate of drug-likeness (QED) is 0.852. The number of aliphatic hydroxyl groups excluding tert-OH is 1. The van der Waals surface area contributed by atoms with Gasteiger partial charge in [0.05, 0.1) is 17.7 Å². The number of carbonyl (C=O) groups is 1. The zero-order chi connectivity index (χ0) is 11.7. The van der Waals surface area contributed by atoms with Crippen molar-refractivity contribution in [3.63, 3.8) is 0 Å². The molecule has 1 saturated heterocycles. The van der Waals surface area contributed by atoms with Crippen molar-refractivity contribution in [3.05, 3.63) is 28.2 Å². The molecule has 86 valence electrons. The van der Waals surface area contributed by atoms with Crippen molar-refractivity contribution >= 4 is 39.1 Å². The molecule has 1 N–H and O–H groups in total. The summed E-state index contributed by atoms with van der Waals surface area (Å²) < 4.78 is 0.880. The molecular weight excluding hydrogens is 293 g/mol. The van der Waals surface area contributed by atoms with E-state index >= 15 is 0 Å². The van der Waals surface area contributed by atoms with Crippen LogP contribution in [0.1, 0.15) is 12.0 Å². The number of benzene rings is 1. The molecule has 1 aliphatic heterocycles. The zero-order valence-corrected chi connectivity index (χ0v) is 10.8. The number of hydrogen-bond donors (Lipinski definition) is 1. The number of carbonyl (C=O) groups excluding carboxylic acids is 1. The first-order chi connectivity index (χ1) is 7.61. The molecule has 3 nitrogen and oxygen atoms in total. The Kier molecular flexibility index (Phi) is 3.52. The van der Waals surface area contributed by atoms with Crippen LogP contribution in [-0.4, -0.2) is 22.9 Å². The highest BCUT2D eigenvalue weighted by molar-refractivity contribution is 9.10. The lowest BCUT2D eigenvalue weighted by molar-refractivity contribution is -0.117. The molecule has 1 amide bonds. The average Bonchev–Trinajstić information content (AvgIpc) is 2.57. The van der Waals surface area contributed by atoms with Crippen LogP contribution < -0.4 is 4.90 Å². The van der Waals surface area contributed by atoms with Crippen molar-refractivity contribution in [2.45, 2.75) is 18.4 Å². The van der Waals surface area contributed by atoms with Crippen LogP contribution in [0.4, 0.5) is 5.69 Å². The zero-order valence-electron chi connectivity index (χ0n) is 8.49. The summed E-state index contributed by atoms with van der Waals surface area (Å²) in [5.74, 6) is 0.00722. The number of halogens is 2. The van der Waals surface area contributed by atoms with Gasteiger partial charge in [0.2, 0.25) is 5.91 Å². The first-order valence-electron chi connectivity index (χ1n) is 4.95. The Morgan fingerprint density at radius 2 is 2.31 bits per heavy atom. The third-order valence-corrected chi connectivity index (χ3v) is 3.37. The lowest BCUT2D eigenvalue weighted by Crippen LogP contribution is -2.25. The Bertz CT molecular complexity index is 424. The highest BCUT2D eigenvalue weighted by Gasteiger charge is 2.30. The maximum atomic E-state index is 11.7. The molecule has 0 saturated carbocycles. The number of anilines is 1. The summed E-state index contributed by atoms with van der Waals surface area (Å²) in [7, 11) is 0. The van der Waals surface area contributed by atoms with E-state index < -0.39 is 0 Å². The Hall–Kier alpha value is -0.580. The van der Waals surface area contributed by atoms with Crippen LogP contribution in [0, 0.1) is 0 Å². The maximum absolute atomic E-state index is 11.7. The topological polar surface area (TPSA) is 40.5 Å². The van der Waals surface area contributed by atoms with E-state index in [-0.39, 0.29) is 17.9 Å². The van der Waals surface area contributed by atoms with E-state index in [0.717, 1.165) is 15.7 Å². The standard InChI is InChI=1S/C11H11BrClNO2/c12-8-2-1-7(6-15)10(3-8)14-5-9(13)4-11(14)16/h1-3,9,15H,4-6H2. The van der Waals surface area contributed by atoms with Crippen LogP contribution in [0.2, 0.25) is 0 Å². The first kappa shape index (κ1) is 11.9. The minimum Gasteiger partial charge on any atom is -0.392 e. The maximum Gasteiger partial charge on any atom is 0.228 e. The van der Waals surface area contributed by atoms with Crippen molar-refractivity contribution < 1.29 is 9.90 Å².